The van der Waals surface area contributed by atoms with Crippen LogP contribution in [0.4, 0.5) is 0 Å². The van der Waals surface area contributed by atoms with Crippen molar-refractivity contribution < 1.29 is 20.1 Å². The summed E-state index contributed by atoms with van der Waals surface area (Å²) in [6.07, 6.45) is 39.2. The van der Waals surface area contributed by atoms with Gasteiger partial charge in [-0.1, -0.05) is 206 Å². The Morgan fingerprint density at radius 1 is 0.467 bits per heavy atom. The molecule has 0 radical (unpaired) electrons. The molecule has 0 aliphatic carbocycles. The van der Waals surface area contributed by atoms with Crippen molar-refractivity contribution in [2.45, 2.75) is 244 Å². The Morgan fingerprint density at radius 3 is 1.07 bits per heavy atom. The molecule has 3 atom stereocenters. The van der Waals surface area contributed by atoms with Gasteiger partial charge >= 0.3 is 0 Å². The molecule has 0 aromatic rings. The zero-order valence-electron chi connectivity index (χ0n) is 30.5. The molecule has 4 N–H and O–H groups in total. The molecule has 0 aliphatic rings. The van der Waals surface area contributed by atoms with E-state index < -0.39 is 18.2 Å². The number of amides is 1. The fourth-order valence-electron chi connectivity index (χ4n) is 6.52. The van der Waals surface area contributed by atoms with Gasteiger partial charge in [0, 0.05) is 0 Å². The van der Waals surface area contributed by atoms with E-state index in [4.69, 9.17) is 0 Å². The van der Waals surface area contributed by atoms with Crippen molar-refractivity contribution >= 4 is 5.91 Å². The molecule has 0 saturated carbocycles. The Balaban J connectivity index is 3.60. The van der Waals surface area contributed by atoms with Crippen LogP contribution in [-0.2, 0) is 4.79 Å². The van der Waals surface area contributed by atoms with E-state index in [9.17, 15) is 20.1 Å². The average molecular weight is 640 g/mol. The molecule has 0 spiro atoms. The van der Waals surface area contributed by atoms with Crippen LogP contribution in [0.15, 0.2) is 0 Å². The molecule has 0 aromatic carbocycles. The third-order valence-corrected chi connectivity index (χ3v) is 9.67. The highest BCUT2D eigenvalue weighted by molar-refractivity contribution is 5.76. The summed E-state index contributed by atoms with van der Waals surface area (Å²) in [6.45, 7) is 4.26. The molecule has 0 aromatic heterocycles. The average Bonchev–Trinajstić information content (AvgIpc) is 3.03. The van der Waals surface area contributed by atoms with E-state index >= 15 is 0 Å². The minimum absolute atomic E-state index is 0.0421. The Hall–Kier alpha value is -0.650. The fourth-order valence-corrected chi connectivity index (χ4v) is 6.52. The SMILES string of the molecule is CCCCCCCCCCCCCCCCCCCCC(O)C(CO)NC(=O)CC(O)CCCCCCCCCCCCCC. The van der Waals surface area contributed by atoms with Crippen molar-refractivity contribution in [2.24, 2.45) is 0 Å². The molecule has 0 rings (SSSR count). The summed E-state index contributed by atoms with van der Waals surface area (Å²) in [5.74, 6) is -0.280. The number of hydrogen-bond acceptors (Lipinski definition) is 4. The number of carbonyl (C=O) groups excluding carboxylic acids is 1. The molecule has 5 heteroatoms. The molecule has 0 bridgehead atoms. The molecule has 3 unspecified atom stereocenters. The summed E-state index contributed by atoms with van der Waals surface area (Å²) in [5.41, 5.74) is 0. The maximum absolute atomic E-state index is 12.4. The van der Waals surface area contributed by atoms with Crippen LogP contribution in [0.1, 0.15) is 226 Å². The monoisotopic (exact) mass is 640 g/mol. The van der Waals surface area contributed by atoms with Gasteiger partial charge in [-0.25, -0.2) is 0 Å². The minimum Gasteiger partial charge on any atom is -0.394 e. The first-order valence-electron chi connectivity index (χ1n) is 20.3. The highest BCUT2D eigenvalue weighted by atomic mass is 16.3. The molecular weight excluding hydrogens is 558 g/mol. The predicted molar refractivity (Wildman–Crippen MR) is 195 cm³/mol. The number of unbranched alkanes of at least 4 members (excludes halogenated alkanes) is 28. The second-order valence-electron chi connectivity index (χ2n) is 14.3. The maximum atomic E-state index is 12.4. The van der Waals surface area contributed by atoms with Gasteiger partial charge in [0.15, 0.2) is 0 Å². The Morgan fingerprint density at radius 2 is 0.756 bits per heavy atom. The number of aliphatic hydroxyl groups excluding tert-OH is 3. The second-order valence-corrected chi connectivity index (χ2v) is 14.3. The van der Waals surface area contributed by atoms with Crippen LogP contribution in [-0.4, -0.2) is 46.1 Å². The number of hydrogen-bond donors (Lipinski definition) is 4. The van der Waals surface area contributed by atoms with Gasteiger partial charge in [0.05, 0.1) is 31.3 Å². The van der Waals surface area contributed by atoms with Crippen molar-refractivity contribution in [1.82, 2.24) is 5.32 Å². The van der Waals surface area contributed by atoms with Crippen LogP contribution in [0.5, 0.6) is 0 Å². The predicted octanol–water partition coefficient (Wildman–Crippen LogP) is 11.1. The third kappa shape index (κ3) is 33.1. The summed E-state index contributed by atoms with van der Waals surface area (Å²) in [5, 5.41) is 33.3. The lowest BCUT2D eigenvalue weighted by molar-refractivity contribution is -0.125. The summed E-state index contributed by atoms with van der Waals surface area (Å²) in [6, 6.07) is -0.651. The lowest BCUT2D eigenvalue weighted by atomic mass is 10.0. The van der Waals surface area contributed by atoms with Crippen LogP contribution in [0.2, 0.25) is 0 Å². The van der Waals surface area contributed by atoms with Crippen molar-refractivity contribution in [3.8, 4) is 0 Å². The van der Waals surface area contributed by atoms with Crippen LogP contribution in [0, 0.1) is 0 Å². The topological polar surface area (TPSA) is 89.8 Å². The number of aliphatic hydroxyl groups is 3. The zero-order valence-corrected chi connectivity index (χ0v) is 30.5. The van der Waals surface area contributed by atoms with E-state index in [1.165, 1.54) is 167 Å². The second kappa shape index (κ2) is 36.2. The van der Waals surface area contributed by atoms with Gasteiger partial charge in [-0.05, 0) is 12.8 Å². The molecule has 0 aliphatic heterocycles. The van der Waals surface area contributed by atoms with E-state index in [-0.39, 0.29) is 18.9 Å². The quantitative estimate of drug-likeness (QED) is 0.0509. The molecule has 0 heterocycles. The van der Waals surface area contributed by atoms with E-state index in [0.29, 0.717) is 12.8 Å². The van der Waals surface area contributed by atoms with Crippen molar-refractivity contribution in [3.63, 3.8) is 0 Å². The summed E-state index contributed by atoms with van der Waals surface area (Å²) >= 11 is 0. The standard InChI is InChI=1S/C40H81NO4/c1-3-5-7-9-11-13-15-17-18-19-20-21-22-24-26-28-30-32-34-39(44)38(36-42)41-40(45)35-37(43)33-31-29-27-25-23-16-14-12-10-8-6-4-2/h37-39,42-44H,3-36H2,1-2H3,(H,41,45). The summed E-state index contributed by atoms with van der Waals surface area (Å²) in [4.78, 5) is 12.4. The number of carbonyl (C=O) groups is 1. The Labute approximate surface area is 281 Å². The van der Waals surface area contributed by atoms with Gasteiger partial charge in [0.25, 0.3) is 0 Å². The highest BCUT2D eigenvalue weighted by Crippen LogP contribution is 2.16. The molecular formula is C40H81NO4. The zero-order chi connectivity index (χ0) is 33.1. The van der Waals surface area contributed by atoms with E-state index in [1.807, 2.05) is 0 Å². The highest BCUT2D eigenvalue weighted by Gasteiger charge is 2.21. The molecule has 5 nitrogen and oxygen atoms in total. The van der Waals surface area contributed by atoms with Crippen LogP contribution in [0.3, 0.4) is 0 Å². The van der Waals surface area contributed by atoms with Gasteiger partial charge in [-0.3, -0.25) is 4.79 Å². The van der Waals surface area contributed by atoms with Gasteiger partial charge in [0.1, 0.15) is 0 Å². The first kappa shape index (κ1) is 44.4. The summed E-state index contributed by atoms with van der Waals surface area (Å²) in [7, 11) is 0. The van der Waals surface area contributed by atoms with Gasteiger partial charge in [-0.15, -0.1) is 0 Å². The molecule has 45 heavy (non-hydrogen) atoms. The largest absolute Gasteiger partial charge is 0.394 e. The molecule has 270 valence electrons. The van der Waals surface area contributed by atoms with E-state index in [0.717, 1.165) is 25.7 Å². The van der Waals surface area contributed by atoms with E-state index in [2.05, 4.69) is 19.2 Å². The molecule has 0 saturated heterocycles. The molecule has 0 fully saturated rings. The first-order chi connectivity index (χ1) is 22.0. The van der Waals surface area contributed by atoms with Crippen molar-refractivity contribution in [2.75, 3.05) is 6.61 Å². The number of rotatable bonds is 37. The Kier molecular flexibility index (Phi) is 35.7. The first-order valence-corrected chi connectivity index (χ1v) is 20.3. The van der Waals surface area contributed by atoms with E-state index in [1.54, 1.807) is 0 Å². The van der Waals surface area contributed by atoms with Gasteiger partial charge in [-0.2, -0.15) is 0 Å². The van der Waals surface area contributed by atoms with Gasteiger partial charge in [0.2, 0.25) is 5.91 Å². The normalized spacial score (nSPS) is 13.6. The third-order valence-electron chi connectivity index (χ3n) is 9.67. The van der Waals surface area contributed by atoms with Crippen molar-refractivity contribution in [1.29, 1.82) is 0 Å². The van der Waals surface area contributed by atoms with Crippen molar-refractivity contribution in [3.05, 3.63) is 0 Å². The summed E-state index contributed by atoms with van der Waals surface area (Å²) < 4.78 is 0. The maximum Gasteiger partial charge on any atom is 0.222 e. The molecule has 1 amide bonds. The smallest absolute Gasteiger partial charge is 0.222 e. The van der Waals surface area contributed by atoms with Crippen LogP contribution >= 0.6 is 0 Å². The van der Waals surface area contributed by atoms with Gasteiger partial charge < -0.3 is 20.6 Å². The number of nitrogens with one attached hydrogen (secondary N) is 1. The lowest BCUT2D eigenvalue weighted by Crippen LogP contribution is -2.46. The minimum atomic E-state index is -0.742. The van der Waals surface area contributed by atoms with Crippen LogP contribution in [0.25, 0.3) is 0 Å². The Bertz CT molecular complexity index is 587. The van der Waals surface area contributed by atoms with Crippen LogP contribution < -0.4 is 5.32 Å². The fraction of sp³-hybridized carbons (Fsp3) is 0.975. The lowest BCUT2D eigenvalue weighted by Gasteiger charge is -2.23.